The number of amides is 1. The Hall–Kier alpha value is -3.01. The van der Waals surface area contributed by atoms with E-state index < -0.39 is 4.92 Å². The zero-order valence-electron chi connectivity index (χ0n) is 14.5. The van der Waals surface area contributed by atoms with Crippen LogP contribution in [0.3, 0.4) is 0 Å². The molecule has 0 aliphatic rings. The van der Waals surface area contributed by atoms with Gasteiger partial charge in [0.25, 0.3) is 0 Å². The third-order valence-corrected chi connectivity index (χ3v) is 4.25. The molecule has 0 aliphatic heterocycles. The van der Waals surface area contributed by atoms with Gasteiger partial charge >= 0.3 is 5.69 Å². The van der Waals surface area contributed by atoms with Crippen molar-refractivity contribution in [2.45, 2.75) is 26.4 Å². The Bertz CT molecular complexity index is 981. The van der Waals surface area contributed by atoms with Gasteiger partial charge in [0.15, 0.2) is 0 Å². The fourth-order valence-electron chi connectivity index (χ4n) is 2.60. The van der Waals surface area contributed by atoms with E-state index in [-0.39, 0.29) is 24.6 Å². The molecule has 0 atom stereocenters. The quantitative estimate of drug-likeness (QED) is 0.455. The van der Waals surface area contributed by atoms with Crippen LogP contribution in [0.5, 0.6) is 0 Å². The summed E-state index contributed by atoms with van der Waals surface area (Å²) in [7, 11) is 0. The standard InChI is InChI=1S/C17H17BrN6O3/c1-12-16(24(26)27)11-22(21-12)6-5-17(25)20-15-4-2-3-13(7-15)9-23-10-14(18)8-19-23/h2-4,7-8,10-11H,5-6,9H2,1H3,(H,20,25). The van der Waals surface area contributed by atoms with Gasteiger partial charge in [-0.2, -0.15) is 10.2 Å². The van der Waals surface area contributed by atoms with Gasteiger partial charge in [0.1, 0.15) is 11.9 Å². The number of rotatable bonds is 7. The van der Waals surface area contributed by atoms with E-state index in [9.17, 15) is 14.9 Å². The van der Waals surface area contributed by atoms with Crippen LogP contribution in [0.2, 0.25) is 0 Å². The number of halogens is 1. The molecule has 1 N–H and O–H groups in total. The van der Waals surface area contributed by atoms with E-state index in [1.54, 1.807) is 17.8 Å². The summed E-state index contributed by atoms with van der Waals surface area (Å²) in [5, 5.41) is 21.9. The minimum atomic E-state index is -0.484. The summed E-state index contributed by atoms with van der Waals surface area (Å²) < 4.78 is 4.11. The first kappa shape index (κ1) is 18.8. The van der Waals surface area contributed by atoms with E-state index in [2.05, 4.69) is 31.4 Å². The molecule has 1 aromatic carbocycles. The maximum Gasteiger partial charge on any atom is 0.309 e. The van der Waals surface area contributed by atoms with Gasteiger partial charge in [-0.3, -0.25) is 24.3 Å². The van der Waals surface area contributed by atoms with Gasteiger partial charge in [0, 0.05) is 24.8 Å². The summed E-state index contributed by atoms with van der Waals surface area (Å²) in [6, 6.07) is 7.51. The summed E-state index contributed by atoms with van der Waals surface area (Å²) in [5.74, 6) is -0.190. The van der Waals surface area contributed by atoms with Gasteiger partial charge < -0.3 is 5.32 Å². The van der Waals surface area contributed by atoms with E-state index in [1.807, 2.05) is 30.5 Å². The Morgan fingerprint density at radius 2 is 2.15 bits per heavy atom. The van der Waals surface area contributed by atoms with Crippen LogP contribution in [-0.4, -0.2) is 30.4 Å². The average molecular weight is 433 g/mol. The molecule has 27 heavy (non-hydrogen) atoms. The molecule has 0 saturated carbocycles. The van der Waals surface area contributed by atoms with Crippen LogP contribution >= 0.6 is 15.9 Å². The highest BCUT2D eigenvalue weighted by atomic mass is 79.9. The number of benzene rings is 1. The van der Waals surface area contributed by atoms with Crippen LogP contribution in [0.4, 0.5) is 11.4 Å². The van der Waals surface area contributed by atoms with Crippen molar-refractivity contribution >= 4 is 33.2 Å². The molecule has 0 aliphatic carbocycles. The molecule has 1 amide bonds. The van der Waals surface area contributed by atoms with Crippen molar-refractivity contribution in [1.82, 2.24) is 19.6 Å². The number of carbonyl (C=O) groups is 1. The summed E-state index contributed by atoms with van der Waals surface area (Å²) >= 11 is 3.36. The molecule has 3 rings (SSSR count). The Balaban J connectivity index is 1.57. The number of hydrogen-bond acceptors (Lipinski definition) is 5. The zero-order chi connectivity index (χ0) is 19.4. The number of nitro groups is 1. The molecule has 9 nitrogen and oxygen atoms in total. The Morgan fingerprint density at radius 3 is 2.81 bits per heavy atom. The second-order valence-corrected chi connectivity index (χ2v) is 6.89. The topological polar surface area (TPSA) is 108 Å². The Labute approximate surface area is 163 Å². The maximum atomic E-state index is 12.2. The van der Waals surface area contributed by atoms with Crippen molar-refractivity contribution < 1.29 is 9.72 Å². The molecule has 3 aromatic rings. The number of aromatic nitrogens is 4. The average Bonchev–Trinajstić information content (AvgIpc) is 3.19. The predicted molar refractivity (Wildman–Crippen MR) is 102 cm³/mol. The minimum absolute atomic E-state index is 0.0478. The number of anilines is 1. The summed E-state index contributed by atoms with van der Waals surface area (Å²) in [5.41, 5.74) is 1.97. The van der Waals surface area contributed by atoms with Gasteiger partial charge in [0.05, 0.1) is 22.1 Å². The second kappa shape index (κ2) is 8.12. The number of nitrogens with zero attached hydrogens (tertiary/aromatic N) is 5. The van der Waals surface area contributed by atoms with Crippen LogP contribution in [-0.2, 0) is 17.9 Å². The lowest BCUT2D eigenvalue weighted by atomic mass is 10.2. The van der Waals surface area contributed by atoms with Gasteiger partial charge in [-0.05, 0) is 40.5 Å². The maximum absolute atomic E-state index is 12.2. The summed E-state index contributed by atoms with van der Waals surface area (Å²) in [6.07, 6.45) is 5.09. The van der Waals surface area contributed by atoms with Crippen molar-refractivity contribution in [3.8, 4) is 0 Å². The molecule has 0 saturated heterocycles. The molecule has 2 aromatic heterocycles. The van der Waals surface area contributed by atoms with Crippen LogP contribution < -0.4 is 5.32 Å². The first-order valence-electron chi connectivity index (χ1n) is 8.16. The van der Waals surface area contributed by atoms with Crippen molar-refractivity contribution in [3.63, 3.8) is 0 Å². The van der Waals surface area contributed by atoms with Crippen LogP contribution in [0, 0.1) is 17.0 Å². The van der Waals surface area contributed by atoms with Crippen LogP contribution in [0.25, 0.3) is 0 Å². The Morgan fingerprint density at radius 1 is 1.33 bits per heavy atom. The monoisotopic (exact) mass is 432 g/mol. The lowest BCUT2D eigenvalue weighted by molar-refractivity contribution is -0.385. The number of carbonyl (C=O) groups excluding carboxylic acids is 1. The summed E-state index contributed by atoms with van der Waals surface area (Å²) in [4.78, 5) is 22.5. The molecule has 0 unspecified atom stereocenters. The Kier molecular flexibility index (Phi) is 5.65. The third-order valence-electron chi connectivity index (χ3n) is 3.84. The van der Waals surface area contributed by atoms with Crippen LogP contribution in [0.15, 0.2) is 47.3 Å². The normalized spacial score (nSPS) is 10.7. The van der Waals surface area contributed by atoms with Crippen molar-refractivity contribution in [3.05, 3.63) is 68.7 Å². The second-order valence-electron chi connectivity index (χ2n) is 5.97. The van der Waals surface area contributed by atoms with Crippen molar-refractivity contribution in [2.24, 2.45) is 0 Å². The first-order chi connectivity index (χ1) is 12.9. The lowest BCUT2D eigenvalue weighted by Crippen LogP contribution is -2.15. The van der Waals surface area contributed by atoms with Crippen molar-refractivity contribution in [2.75, 3.05) is 5.32 Å². The molecule has 0 radical (unpaired) electrons. The molecular weight excluding hydrogens is 416 g/mol. The highest BCUT2D eigenvalue weighted by Crippen LogP contribution is 2.16. The lowest BCUT2D eigenvalue weighted by Gasteiger charge is -2.08. The third kappa shape index (κ3) is 5.00. The van der Waals surface area contributed by atoms with Gasteiger partial charge in [-0.15, -0.1) is 0 Å². The van der Waals surface area contributed by atoms with E-state index >= 15 is 0 Å². The number of nitrogens with one attached hydrogen (secondary N) is 1. The predicted octanol–water partition coefficient (Wildman–Crippen LogP) is 3.14. The molecule has 2 heterocycles. The van der Waals surface area contributed by atoms with E-state index in [1.165, 1.54) is 10.9 Å². The highest BCUT2D eigenvalue weighted by molar-refractivity contribution is 9.10. The largest absolute Gasteiger partial charge is 0.326 e. The smallest absolute Gasteiger partial charge is 0.309 e. The van der Waals surface area contributed by atoms with E-state index in [4.69, 9.17) is 0 Å². The molecule has 10 heteroatoms. The fraction of sp³-hybridized carbons (Fsp3) is 0.235. The highest BCUT2D eigenvalue weighted by Gasteiger charge is 2.15. The number of hydrogen-bond donors (Lipinski definition) is 1. The minimum Gasteiger partial charge on any atom is -0.326 e. The van der Waals surface area contributed by atoms with Gasteiger partial charge in [0.2, 0.25) is 5.91 Å². The molecule has 0 spiro atoms. The molecule has 0 bridgehead atoms. The number of aryl methyl sites for hydroxylation is 2. The van der Waals surface area contributed by atoms with Crippen molar-refractivity contribution in [1.29, 1.82) is 0 Å². The van der Waals surface area contributed by atoms with E-state index in [0.29, 0.717) is 17.9 Å². The van der Waals surface area contributed by atoms with E-state index in [0.717, 1.165) is 10.0 Å². The molecule has 140 valence electrons. The SMILES string of the molecule is Cc1nn(CCC(=O)Nc2cccc(Cn3cc(Br)cn3)c2)cc1[N+](=O)[O-]. The molecular formula is C17H17BrN6O3. The summed E-state index contributed by atoms with van der Waals surface area (Å²) in [6.45, 7) is 2.42. The van der Waals surface area contributed by atoms with Gasteiger partial charge in [-0.1, -0.05) is 12.1 Å². The van der Waals surface area contributed by atoms with Crippen LogP contribution in [0.1, 0.15) is 17.7 Å². The molecule has 0 fully saturated rings. The van der Waals surface area contributed by atoms with Gasteiger partial charge in [-0.25, -0.2) is 0 Å². The zero-order valence-corrected chi connectivity index (χ0v) is 16.1. The first-order valence-corrected chi connectivity index (χ1v) is 8.95. The fourth-order valence-corrected chi connectivity index (χ4v) is 2.93.